The number of hydrogen-bond acceptors (Lipinski definition) is 4. The molecule has 0 aromatic carbocycles. The van der Waals surface area contributed by atoms with Crippen LogP contribution in [0.4, 0.5) is 0 Å². The third kappa shape index (κ3) is 3.66. The Labute approximate surface area is 133 Å². The second-order valence-corrected chi connectivity index (χ2v) is 9.39. The Bertz CT molecular complexity index is 496. The molecule has 118 valence electrons. The monoisotopic (exact) mass is 307 g/mol. The largest absolute Gasteiger partial charge is 0.309 e. The van der Waals surface area contributed by atoms with Gasteiger partial charge in [-0.2, -0.15) is 0 Å². The predicted octanol–water partition coefficient (Wildman–Crippen LogP) is 3.40. The summed E-state index contributed by atoms with van der Waals surface area (Å²) in [5, 5.41) is 7.24. The van der Waals surface area contributed by atoms with E-state index in [1.807, 2.05) is 11.3 Å². The summed E-state index contributed by atoms with van der Waals surface area (Å²) in [6.45, 7) is 14.6. The van der Waals surface area contributed by atoms with Gasteiger partial charge in [0.2, 0.25) is 0 Å². The van der Waals surface area contributed by atoms with Crippen molar-refractivity contribution in [3.8, 4) is 0 Å². The highest BCUT2D eigenvalue weighted by atomic mass is 32.1. The molecule has 1 unspecified atom stereocenters. The van der Waals surface area contributed by atoms with Crippen LogP contribution >= 0.6 is 11.3 Å². The molecule has 3 rings (SSSR count). The standard InChI is InChI=1S/C17H29N3S/c1-16(2,3)14-10-21-15(19-14)9-20-11-17(4,5)18-8-13(20)12-6-7-12/h10,12-13,18H,6-9,11H2,1-5H3. The van der Waals surface area contributed by atoms with Crippen LogP contribution in [0.15, 0.2) is 5.38 Å². The van der Waals surface area contributed by atoms with Gasteiger partial charge in [-0.1, -0.05) is 20.8 Å². The van der Waals surface area contributed by atoms with Crippen molar-refractivity contribution >= 4 is 11.3 Å². The van der Waals surface area contributed by atoms with E-state index in [2.05, 4.69) is 50.2 Å². The molecular formula is C17H29N3S. The molecule has 1 N–H and O–H groups in total. The zero-order valence-corrected chi connectivity index (χ0v) is 14.9. The molecule has 1 saturated heterocycles. The molecule has 1 saturated carbocycles. The minimum atomic E-state index is 0.160. The molecule has 2 fully saturated rings. The molecule has 1 aliphatic heterocycles. The minimum Gasteiger partial charge on any atom is -0.309 e. The number of aromatic nitrogens is 1. The van der Waals surface area contributed by atoms with Crippen LogP contribution in [0.25, 0.3) is 0 Å². The lowest BCUT2D eigenvalue weighted by molar-refractivity contribution is 0.0758. The van der Waals surface area contributed by atoms with E-state index in [-0.39, 0.29) is 11.0 Å². The van der Waals surface area contributed by atoms with E-state index < -0.39 is 0 Å². The Hall–Kier alpha value is -0.450. The molecule has 2 heterocycles. The summed E-state index contributed by atoms with van der Waals surface area (Å²) in [6, 6.07) is 0.708. The Morgan fingerprint density at radius 1 is 1.38 bits per heavy atom. The van der Waals surface area contributed by atoms with E-state index >= 15 is 0 Å². The third-order valence-electron chi connectivity index (χ3n) is 4.68. The highest BCUT2D eigenvalue weighted by molar-refractivity contribution is 7.09. The number of thiazole rings is 1. The van der Waals surface area contributed by atoms with Crippen molar-refractivity contribution in [1.29, 1.82) is 0 Å². The first-order valence-corrected chi connectivity index (χ1v) is 9.06. The first kappa shape index (κ1) is 15.4. The smallest absolute Gasteiger partial charge is 0.107 e. The highest BCUT2D eigenvalue weighted by Crippen LogP contribution is 2.38. The van der Waals surface area contributed by atoms with Gasteiger partial charge < -0.3 is 5.32 Å². The van der Waals surface area contributed by atoms with E-state index in [0.29, 0.717) is 6.04 Å². The highest BCUT2D eigenvalue weighted by Gasteiger charge is 2.41. The quantitative estimate of drug-likeness (QED) is 0.927. The fourth-order valence-electron chi connectivity index (χ4n) is 3.21. The molecule has 4 heteroatoms. The van der Waals surface area contributed by atoms with E-state index in [9.17, 15) is 0 Å². The maximum atomic E-state index is 4.89. The Morgan fingerprint density at radius 2 is 2.10 bits per heavy atom. The van der Waals surface area contributed by atoms with Gasteiger partial charge in [0.1, 0.15) is 5.01 Å². The van der Waals surface area contributed by atoms with Crippen molar-refractivity contribution in [2.75, 3.05) is 13.1 Å². The predicted molar refractivity (Wildman–Crippen MR) is 89.8 cm³/mol. The lowest BCUT2D eigenvalue weighted by atomic mass is 9.93. The zero-order chi connectivity index (χ0) is 15.3. The Morgan fingerprint density at radius 3 is 2.67 bits per heavy atom. The van der Waals surface area contributed by atoms with Crippen molar-refractivity contribution in [3.63, 3.8) is 0 Å². The van der Waals surface area contributed by atoms with Gasteiger partial charge in [-0.3, -0.25) is 4.90 Å². The molecule has 21 heavy (non-hydrogen) atoms. The van der Waals surface area contributed by atoms with E-state index in [1.54, 1.807) is 0 Å². The third-order valence-corrected chi connectivity index (χ3v) is 5.52. The maximum absolute atomic E-state index is 4.89. The molecule has 0 bridgehead atoms. The summed E-state index contributed by atoms with van der Waals surface area (Å²) in [6.07, 6.45) is 2.82. The Balaban J connectivity index is 1.72. The number of rotatable bonds is 3. The van der Waals surface area contributed by atoms with Crippen molar-refractivity contribution in [1.82, 2.24) is 15.2 Å². The second kappa shape index (κ2) is 5.32. The molecule has 0 amide bonds. The van der Waals surface area contributed by atoms with Gasteiger partial charge in [0.15, 0.2) is 0 Å². The van der Waals surface area contributed by atoms with E-state index in [1.165, 1.54) is 23.5 Å². The number of hydrogen-bond donors (Lipinski definition) is 1. The van der Waals surface area contributed by atoms with Crippen LogP contribution in [0.5, 0.6) is 0 Å². The lowest BCUT2D eigenvalue weighted by Gasteiger charge is -2.44. The fraction of sp³-hybridized carbons (Fsp3) is 0.824. The van der Waals surface area contributed by atoms with Crippen molar-refractivity contribution in [2.45, 2.75) is 71.0 Å². The van der Waals surface area contributed by atoms with Crippen LogP contribution < -0.4 is 5.32 Å². The van der Waals surface area contributed by atoms with Crippen LogP contribution in [-0.2, 0) is 12.0 Å². The molecule has 0 spiro atoms. The molecular weight excluding hydrogens is 278 g/mol. The average molecular weight is 308 g/mol. The fourth-order valence-corrected chi connectivity index (χ4v) is 4.26. The zero-order valence-electron chi connectivity index (χ0n) is 14.1. The van der Waals surface area contributed by atoms with E-state index in [0.717, 1.165) is 25.6 Å². The molecule has 1 aliphatic carbocycles. The molecule has 1 aromatic rings. The average Bonchev–Trinajstić information content (AvgIpc) is 3.06. The Kier molecular flexibility index (Phi) is 3.92. The van der Waals surface area contributed by atoms with Crippen molar-refractivity contribution in [3.05, 3.63) is 16.1 Å². The summed E-state index contributed by atoms with van der Waals surface area (Å²) in [7, 11) is 0. The van der Waals surface area contributed by atoms with Crippen LogP contribution in [0.3, 0.4) is 0 Å². The number of nitrogens with zero attached hydrogens (tertiary/aromatic N) is 2. The SMILES string of the molecule is CC1(C)CN(Cc2nc(C(C)(C)C)cs2)C(C2CC2)CN1. The van der Waals surface area contributed by atoms with Crippen LogP contribution in [0.1, 0.15) is 58.2 Å². The summed E-state index contributed by atoms with van der Waals surface area (Å²) in [5.74, 6) is 0.913. The van der Waals surface area contributed by atoms with Gasteiger partial charge in [0.05, 0.1) is 12.2 Å². The summed E-state index contributed by atoms with van der Waals surface area (Å²) < 4.78 is 0. The molecule has 1 atom stereocenters. The molecule has 2 aliphatic rings. The van der Waals surface area contributed by atoms with Crippen molar-refractivity contribution in [2.24, 2.45) is 5.92 Å². The number of piperazine rings is 1. The van der Waals surface area contributed by atoms with Gasteiger partial charge in [0, 0.05) is 35.5 Å². The van der Waals surface area contributed by atoms with Crippen LogP contribution in [0.2, 0.25) is 0 Å². The van der Waals surface area contributed by atoms with Crippen LogP contribution in [-0.4, -0.2) is 34.6 Å². The summed E-state index contributed by atoms with van der Waals surface area (Å²) in [4.78, 5) is 7.57. The first-order chi connectivity index (χ1) is 9.74. The van der Waals surface area contributed by atoms with Crippen LogP contribution in [0, 0.1) is 5.92 Å². The topological polar surface area (TPSA) is 28.2 Å². The molecule has 1 aromatic heterocycles. The minimum absolute atomic E-state index is 0.160. The summed E-state index contributed by atoms with van der Waals surface area (Å²) in [5.41, 5.74) is 1.61. The van der Waals surface area contributed by atoms with Gasteiger partial charge in [-0.05, 0) is 32.6 Å². The summed E-state index contributed by atoms with van der Waals surface area (Å²) >= 11 is 1.83. The maximum Gasteiger partial charge on any atom is 0.107 e. The lowest BCUT2D eigenvalue weighted by Crippen LogP contribution is -2.61. The number of nitrogens with one attached hydrogen (secondary N) is 1. The molecule has 0 radical (unpaired) electrons. The second-order valence-electron chi connectivity index (χ2n) is 8.45. The van der Waals surface area contributed by atoms with Gasteiger partial charge in [0.25, 0.3) is 0 Å². The normalized spacial score (nSPS) is 27.0. The van der Waals surface area contributed by atoms with Crippen molar-refractivity contribution < 1.29 is 0 Å². The molecule has 3 nitrogen and oxygen atoms in total. The van der Waals surface area contributed by atoms with Gasteiger partial charge >= 0.3 is 0 Å². The van der Waals surface area contributed by atoms with E-state index in [4.69, 9.17) is 4.98 Å². The van der Waals surface area contributed by atoms with Gasteiger partial charge in [-0.15, -0.1) is 11.3 Å². The first-order valence-electron chi connectivity index (χ1n) is 8.19. The van der Waals surface area contributed by atoms with Gasteiger partial charge in [-0.25, -0.2) is 4.98 Å².